The Hall–Kier alpha value is -3.76. The second-order valence-electron chi connectivity index (χ2n) is 8.71. The van der Waals surface area contributed by atoms with Crippen LogP contribution in [0.3, 0.4) is 0 Å². The number of hydrogen-bond donors (Lipinski definition) is 4. The molecule has 0 spiro atoms. The van der Waals surface area contributed by atoms with Crippen LogP contribution in [0, 0.1) is 0 Å². The fourth-order valence-corrected chi connectivity index (χ4v) is 4.27. The minimum Gasteiger partial charge on any atom is -0.438 e. The number of piperazine rings is 1. The molecule has 186 valence electrons. The van der Waals surface area contributed by atoms with Gasteiger partial charge >= 0.3 is 0 Å². The lowest BCUT2D eigenvalue weighted by Gasteiger charge is -2.34. The van der Waals surface area contributed by atoms with Gasteiger partial charge in [-0.15, -0.1) is 0 Å². The number of carbonyl (C=O) groups excluding carboxylic acids is 1. The number of rotatable bonds is 8. The van der Waals surface area contributed by atoms with Crippen molar-refractivity contribution in [2.75, 3.05) is 54.5 Å². The molecule has 1 fully saturated rings. The Morgan fingerprint density at radius 2 is 1.86 bits per heavy atom. The predicted octanol–water partition coefficient (Wildman–Crippen LogP) is 4.50. The standard InChI is InChI=1S/C26H29N7O2S/c1-32-12-14-33(15-13-32)20-7-5-18(6-8-20)29-26-30-24-22(9-11-27-24)25(31-26)35-21-4-2-3-19(17-21)28-23(34)10-16-36/h2-9,11,17,36H,10,12-16H2,1H3,(H,28,34)(H2,27,29,30,31). The Kier molecular flexibility index (Phi) is 7.24. The lowest BCUT2D eigenvalue weighted by molar-refractivity contribution is -0.115. The summed E-state index contributed by atoms with van der Waals surface area (Å²) in [6.07, 6.45) is 2.14. The summed E-state index contributed by atoms with van der Waals surface area (Å²) >= 11 is 4.11. The van der Waals surface area contributed by atoms with Crippen LogP contribution in [0.15, 0.2) is 60.8 Å². The molecule has 0 bridgehead atoms. The smallest absolute Gasteiger partial charge is 0.233 e. The number of hydrogen-bond acceptors (Lipinski definition) is 8. The van der Waals surface area contributed by atoms with E-state index in [0.29, 0.717) is 41.1 Å². The quantitative estimate of drug-likeness (QED) is 0.263. The fraction of sp³-hybridized carbons (Fsp3) is 0.269. The molecule has 1 aliphatic heterocycles. The first-order valence-corrected chi connectivity index (χ1v) is 12.5. The molecule has 2 aromatic heterocycles. The highest BCUT2D eigenvalue weighted by Crippen LogP contribution is 2.30. The summed E-state index contributed by atoms with van der Waals surface area (Å²) in [4.78, 5) is 29.0. The van der Waals surface area contributed by atoms with Crippen molar-refractivity contribution in [3.05, 3.63) is 60.8 Å². The van der Waals surface area contributed by atoms with Crippen molar-refractivity contribution in [2.24, 2.45) is 0 Å². The SMILES string of the molecule is CN1CCN(c2ccc(Nc3nc(Oc4cccc(NC(=O)CCS)c4)c4cc[nH]c4n3)cc2)CC1. The molecule has 4 aromatic rings. The molecular formula is C26H29N7O2S. The number of H-pyrrole nitrogens is 1. The topological polar surface area (TPSA) is 98.4 Å². The van der Waals surface area contributed by atoms with E-state index >= 15 is 0 Å². The van der Waals surface area contributed by atoms with Gasteiger partial charge in [0, 0.05) is 61.9 Å². The van der Waals surface area contributed by atoms with Crippen molar-refractivity contribution in [1.29, 1.82) is 0 Å². The van der Waals surface area contributed by atoms with Crippen molar-refractivity contribution < 1.29 is 9.53 Å². The van der Waals surface area contributed by atoms with Gasteiger partial charge in [0.1, 0.15) is 11.4 Å². The molecule has 36 heavy (non-hydrogen) atoms. The molecule has 0 radical (unpaired) electrons. The molecule has 10 heteroatoms. The van der Waals surface area contributed by atoms with Crippen molar-refractivity contribution in [3.63, 3.8) is 0 Å². The Balaban J connectivity index is 1.33. The summed E-state index contributed by atoms with van der Waals surface area (Å²) in [7, 11) is 2.16. The summed E-state index contributed by atoms with van der Waals surface area (Å²) < 4.78 is 6.13. The summed E-state index contributed by atoms with van der Waals surface area (Å²) in [6, 6.07) is 17.4. The van der Waals surface area contributed by atoms with Crippen molar-refractivity contribution in [2.45, 2.75) is 6.42 Å². The Morgan fingerprint density at radius 3 is 2.64 bits per heavy atom. The lowest BCUT2D eigenvalue weighted by atomic mass is 10.2. The number of aromatic amines is 1. The van der Waals surface area contributed by atoms with Gasteiger partial charge < -0.3 is 30.2 Å². The van der Waals surface area contributed by atoms with Crippen LogP contribution in [0.1, 0.15) is 6.42 Å². The summed E-state index contributed by atoms with van der Waals surface area (Å²) in [6.45, 7) is 4.18. The zero-order chi connectivity index (χ0) is 24.9. The normalized spacial score (nSPS) is 14.1. The molecule has 3 heterocycles. The minimum absolute atomic E-state index is 0.0951. The highest BCUT2D eigenvalue weighted by Gasteiger charge is 2.15. The molecule has 3 N–H and O–H groups in total. The molecule has 5 rings (SSSR count). The van der Waals surface area contributed by atoms with Crippen LogP contribution in [0.5, 0.6) is 11.6 Å². The maximum atomic E-state index is 11.9. The number of anilines is 4. The maximum absolute atomic E-state index is 11.9. The average molecular weight is 504 g/mol. The van der Waals surface area contributed by atoms with E-state index in [1.165, 1.54) is 5.69 Å². The molecule has 1 saturated heterocycles. The van der Waals surface area contributed by atoms with Crippen LogP contribution < -0.4 is 20.3 Å². The van der Waals surface area contributed by atoms with Crippen molar-refractivity contribution in [1.82, 2.24) is 19.9 Å². The van der Waals surface area contributed by atoms with E-state index in [9.17, 15) is 4.79 Å². The highest BCUT2D eigenvalue weighted by molar-refractivity contribution is 7.80. The van der Waals surface area contributed by atoms with Gasteiger partial charge in [-0.1, -0.05) is 6.07 Å². The molecule has 0 aliphatic carbocycles. The number of nitrogens with one attached hydrogen (secondary N) is 3. The molecule has 9 nitrogen and oxygen atoms in total. The zero-order valence-electron chi connectivity index (χ0n) is 20.1. The van der Waals surface area contributed by atoms with Crippen LogP contribution in [-0.4, -0.2) is 64.7 Å². The number of thiol groups is 1. The minimum atomic E-state index is -0.0951. The summed E-state index contributed by atoms with van der Waals surface area (Å²) in [5.74, 6) is 1.79. The van der Waals surface area contributed by atoms with E-state index in [-0.39, 0.29) is 5.91 Å². The summed E-state index contributed by atoms with van der Waals surface area (Å²) in [5.41, 5.74) is 3.41. The second kappa shape index (κ2) is 10.9. The number of aromatic nitrogens is 3. The maximum Gasteiger partial charge on any atom is 0.233 e. The number of ether oxygens (including phenoxy) is 1. The third-order valence-electron chi connectivity index (χ3n) is 6.04. The van der Waals surface area contributed by atoms with Crippen LogP contribution in [0.2, 0.25) is 0 Å². The summed E-state index contributed by atoms with van der Waals surface area (Å²) in [5, 5.41) is 6.90. The predicted molar refractivity (Wildman–Crippen MR) is 147 cm³/mol. The number of amides is 1. The van der Waals surface area contributed by atoms with Crippen LogP contribution >= 0.6 is 12.6 Å². The van der Waals surface area contributed by atoms with Crippen LogP contribution in [-0.2, 0) is 4.79 Å². The van der Waals surface area contributed by atoms with Gasteiger partial charge in [0.15, 0.2) is 0 Å². The Morgan fingerprint density at radius 1 is 1.06 bits per heavy atom. The molecule has 1 amide bonds. The second-order valence-corrected chi connectivity index (χ2v) is 9.15. The fourth-order valence-electron chi connectivity index (χ4n) is 4.07. The van der Waals surface area contributed by atoms with Gasteiger partial charge in [0.25, 0.3) is 0 Å². The zero-order valence-corrected chi connectivity index (χ0v) is 21.0. The molecule has 0 unspecified atom stereocenters. The monoisotopic (exact) mass is 503 g/mol. The first-order valence-electron chi connectivity index (χ1n) is 11.9. The molecule has 0 saturated carbocycles. The van der Waals surface area contributed by atoms with E-state index in [1.807, 2.05) is 36.4 Å². The third kappa shape index (κ3) is 5.72. The van der Waals surface area contributed by atoms with Crippen molar-refractivity contribution in [3.8, 4) is 11.6 Å². The van der Waals surface area contributed by atoms with Crippen LogP contribution in [0.4, 0.5) is 23.0 Å². The number of likely N-dealkylation sites (N-methyl/N-ethyl adjacent to an activating group) is 1. The van der Waals surface area contributed by atoms with E-state index in [4.69, 9.17) is 4.74 Å². The molecule has 0 atom stereocenters. The lowest BCUT2D eigenvalue weighted by Crippen LogP contribution is -2.44. The highest BCUT2D eigenvalue weighted by atomic mass is 32.1. The first-order chi connectivity index (χ1) is 17.6. The number of fused-ring (bicyclic) bond motifs is 1. The van der Waals surface area contributed by atoms with Crippen molar-refractivity contribution >= 4 is 52.6 Å². The first kappa shape index (κ1) is 24.0. The van der Waals surface area contributed by atoms with Gasteiger partial charge in [-0.3, -0.25) is 4.79 Å². The van der Waals surface area contributed by atoms with E-state index in [2.05, 4.69) is 67.2 Å². The Bertz CT molecular complexity index is 1330. The number of carbonyl (C=O) groups is 1. The van der Waals surface area contributed by atoms with Gasteiger partial charge in [-0.05, 0) is 55.3 Å². The molecule has 2 aromatic carbocycles. The molecular weight excluding hydrogens is 474 g/mol. The van der Waals surface area contributed by atoms with Gasteiger partial charge in [-0.2, -0.15) is 22.6 Å². The number of nitrogens with zero attached hydrogens (tertiary/aromatic N) is 4. The van der Waals surface area contributed by atoms with E-state index in [1.54, 1.807) is 12.3 Å². The number of benzene rings is 2. The van der Waals surface area contributed by atoms with Crippen LogP contribution in [0.25, 0.3) is 11.0 Å². The Labute approximate surface area is 215 Å². The van der Waals surface area contributed by atoms with Gasteiger partial charge in [0.2, 0.25) is 17.7 Å². The van der Waals surface area contributed by atoms with Gasteiger partial charge in [-0.25, -0.2) is 0 Å². The average Bonchev–Trinajstić information content (AvgIpc) is 3.35. The van der Waals surface area contributed by atoms with Gasteiger partial charge in [0.05, 0.1) is 5.39 Å². The largest absolute Gasteiger partial charge is 0.438 e. The molecule has 1 aliphatic rings. The third-order valence-corrected chi connectivity index (χ3v) is 6.27. The van der Waals surface area contributed by atoms with E-state index < -0.39 is 0 Å². The van der Waals surface area contributed by atoms with E-state index in [0.717, 1.165) is 37.3 Å².